The van der Waals surface area contributed by atoms with E-state index in [0.29, 0.717) is 38.4 Å². The fraction of sp³-hybridized carbons (Fsp3) is 0.633. The molecule has 2 N–H and O–H groups in total. The summed E-state index contributed by atoms with van der Waals surface area (Å²) in [5.41, 5.74) is 2.06. The van der Waals surface area contributed by atoms with Crippen LogP contribution in [0.3, 0.4) is 0 Å². The van der Waals surface area contributed by atoms with Crippen LogP contribution in [0.2, 0.25) is 0 Å². The van der Waals surface area contributed by atoms with Gasteiger partial charge in [0.25, 0.3) is 11.8 Å². The zero-order valence-corrected chi connectivity index (χ0v) is 25.6. The van der Waals surface area contributed by atoms with Crippen molar-refractivity contribution in [2.45, 2.75) is 88.6 Å². The number of H-pyrrole nitrogens is 1. The Morgan fingerprint density at radius 2 is 2.12 bits per heavy atom. The van der Waals surface area contributed by atoms with Crippen LogP contribution in [-0.4, -0.2) is 87.3 Å². The zero-order valence-electron chi connectivity index (χ0n) is 24.0. The van der Waals surface area contributed by atoms with Crippen LogP contribution in [0.25, 0.3) is 10.9 Å². The summed E-state index contributed by atoms with van der Waals surface area (Å²) in [5, 5.41) is 4.28. The number of rotatable bonds is 5. The number of aromatic amines is 1. The highest BCUT2D eigenvalue weighted by atomic mass is 79.9. The molecule has 4 aliphatic heterocycles. The fourth-order valence-corrected chi connectivity index (χ4v) is 8.80. The number of ether oxygens (including phenoxy) is 1. The van der Waals surface area contributed by atoms with E-state index in [2.05, 4.69) is 62.9 Å². The molecule has 10 nitrogen and oxygen atoms in total. The molecule has 1 aromatic heterocycles. The molecule has 3 amide bonds. The van der Waals surface area contributed by atoms with E-state index in [1.165, 1.54) is 21.4 Å². The number of hydrogen-bond acceptors (Lipinski definition) is 6. The Morgan fingerprint density at radius 1 is 1.32 bits per heavy atom. The molecule has 0 spiro atoms. The van der Waals surface area contributed by atoms with Crippen LogP contribution in [0.15, 0.2) is 24.4 Å². The molecule has 1 aromatic carbocycles. The number of carbonyl (C=O) groups is 3. The number of amides is 3. The van der Waals surface area contributed by atoms with Crippen molar-refractivity contribution in [3.8, 4) is 0 Å². The molecule has 2 aromatic rings. The molecule has 5 heterocycles. The highest BCUT2D eigenvalue weighted by Gasteiger charge is 2.71. The second kappa shape index (κ2) is 9.52. The van der Waals surface area contributed by atoms with E-state index in [9.17, 15) is 14.4 Å². The van der Waals surface area contributed by atoms with Gasteiger partial charge in [-0.2, -0.15) is 0 Å². The predicted molar refractivity (Wildman–Crippen MR) is 154 cm³/mol. The molecule has 0 radical (unpaired) electrons. The number of likely N-dealkylation sites (N-methyl/N-ethyl adjacent to an activating group) is 1. The molecule has 7 atom stereocenters. The Bertz CT molecular complexity index is 1430. The number of halogens is 1. The van der Waals surface area contributed by atoms with Gasteiger partial charge in [0.05, 0.1) is 5.92 Å². The highest BCUT2D eigenvalue weighted by molar-refractivity contribution is 9.06. The first kappa shape index (κ1) is 27.4. The average molecular weight is 629 g/mol. The molecular weight excluding hydrogens is 590 g/mol. The van der Waals surface area contributed by atoms with Gasteiger partial charge < -0.3 is 20.1 Å². The normalized spacial score (nSPS) is 36.6. The summed E-state index contributed by atoms with van der Waals surface area (Å²) >= 11 is 3.17. The first-order valence-electron chi connectivity index (χ1n) is 14.8. The Hall–Kier alpha value is -2.47. The van der Waals surface area contributed by atoms with Crippen LogP contribution >= 0.6 is 16.3 Å². The molecule has 0 saturated carbocycles. The van der Waals surface area contributed by atoms with Crippen LogP contribution in [0.1, 0.15) is 63.5 Å². The minimum Gasteiger partial charge on any atom is -0.361 e. The van der Waals surface area contributed by atoms with Crippen LogP contribution in [0, 0.1) is 11.8 Å². The number of benzene rings is 1. The zero-order chi connectivity index (χ0) is 28.8. The van der Waals surface area contributed by atoms with Gasteiger partial charge in [0.15, 0.2) is 0 Å². The van der Waals surface area contributed by atoms with Gasteiger partial charge in [0.1, 0.15) is 28.3 Å². The number of carbonyl (C=O) groups excluding carboxylic acids is 3. The Morgan fingerprint density at radius 3 is 2.88 bits per heavy atom. The van der Waals surface area contributed by atoms with E-state index in [0.717, 1.165) is 18.4 Å². The van der Waals surface area contributed by atoms with Crippen molar-refractivity contribution >= 4 is 44.9 Å². The van der Waals surface area contributed by atoms with Gasteiger partial charge in [-0.25, -0.2) is 0 Å². The minimum atomic E-state index is -1.67. The van der Waals surface area contributed by atoms with Crippen molar-refractivity contribution in [3.05, 3.63) is 35.5 Å². The van der Waals surface area contributed by atoms with Gasteiger partial charge in [-0.1, -0.05) is 26.0 Å². The number of piperazine rings is 1. The minimum absolute atomic E-state index is 0.0792. The number of nitrogens with one attached hydrogen (secondary N) is 2. The third kappa shape index (κ3) is 3.88. The van der Waals surface area contributed by atoms with Gasteiger partial charge >= 0.3 is 0 Å². The molecule has 220 valence electrons. The number of fused-ring (bicyclic) bond motifs is 5. The quantitative estimate of drug-likeness (QED) is 0.527. The molecule has 4 saturated heterocycles. The first-order valence-corrected chi connectivity index (χ1v) is 15.5. The molecule has 7 rings (SSSR count). The van der Waals surface area contributed by atoms with E-state index in [1.54, 1.807) is 11.8 Å². The van der Waals surface area contributed by atoms with Gasteiger partial charge in [0, 0.05) is 42.1 Å². The monoisotopic (exact) mass is 627 g/mol. The number of hydrogen-bond donors (Lipinski definition) is 2. The maximum absolute atomic E-state index is 14.2. The van der Waals surface area contributed by atoms with Crippen LogP contribution in [0.4, 0.5) is 0 Å². The summed E-state index contributed by atoms with van der Waals surface area (Å²) in [7, 11) is 2.08. The van der Waals surface area contributed by atoms with Crippen molar-refractivity contribution in [2.24, 2.45) is 11.8 Å². The maximum Gasteiger partial charge on any atom is 0.289 e. The Balaban J connectivity index is 1.18. The van der Waals surface area contributed by atoms with Crippen LogP contribution in [-0.2, 0) is 29.4 Å². The maximum atomic E-state index is 14.2. The third-order valence-electron chi connectivity index (χ3n) is 10.1. The lowest BCUT2D eigenvalue weighted by atomic mass is 9.72. The van der Waals surface area contributed by atoms with Gasteiger partial charge in [0.2, 0.25) is 17.5 Å². The standard InChI is InChI=1S/C30H38BrN5O5/c1-16(2)11-23-27(38)35-10-6-9-24(35)30(41-31)36(23)28(39)29(3,40-30)33-26(37)18-12-20-19-7-5-8-21-25(19)17(14-32-21)13-22(20)34(4)15-18/h5,7-8,14,16,18,20,22-24,32H,6,9-13,15H2,1-4H3,(H,33,37). The van der Waals surface area contributed by atoms with E-state index >= 15 is 0 Å². The number of aromatic nitrogens is 1. The van der Waals surface area contributed by atoms with Gasteiger partial charge in [-0.15, -0.1) is 0 Å². The van der Waals surface area contributed by atoms with Gasteiger partial charge in [-0.3, -0.25) is 27.8 Å². The molecule has 1 aliphatic carbocycles. The van der Waals surface area contributed by atoms with Crippen molar-refractivity contribution in [2.75, 3.05) is 20.1 Å². The lowest BCUT2D eigenvalue weighted by Crippen LogP contribution is -2.71. The summed E-state index contributed by atoms with van der Waals surface area (Å²) in [5.74, 6) is -2.23. The Kier molecular flexibility index (Phi) is 6.35. The molecular formula is C30H38BrN5O5. The summed E-state index contributed by atoms with van der Waals surface area (Å²) in [6, 6.07) is 5.48. The summed E-state index contributed by atoms with van der Waals surface area (Å²) in [4.78, 5) is 50.7. The van der Waals surface area contributed by atoms with E-state index in [4.69, 9.17) is 8.57 Å². The van der Waals surface area contributed by atoms with Crippen LogP contribution < -0.4 is 5.32 Å². The lowest BCUT2D eigenvalue weighted by molar-refractivity contribution is -0.291. The van der Waals surface area contributed by atoms with Crippen molar-refractivity contribution in [1.29, 1.82) is 0 Å². The highest BCUT2D eigenvalue weighted by Crippen LogP contribution is 2.50. The largest absolute Gasteiger partial charge is 0.361 e. The van der Waals surface area contributed by atoms with Crippen molar-refractivity contribution in [1.82, 2.24) is 25.0 Å². The SMILES string of the molecule is CC(C)CC1C(=O)N2CCCC2C2(OBr)OC(C)(NC(=O)C3CC4c5cccc6[nH]cc(c56)CC4N(C)C3)C(=O)N12. The first-order chi connectivity index (χ1) is 19.6. The molecule has 0 bridgehead atoms. The van der Waals surface area contributed by atoms with E-state index in [1.807, 2.05) is 13.8 Å². The topological polar surface area (TPSA) is 107 Å². The lowest BCUT2D eigenvalue weighted by Gasteiger charge is -2.50. The molecule has 11 heteroatoms. The van der Waals surface area contributed by atoms with Crippen molar-refractivity contribution < 1.29 is 22.9 Å². The van der Waals surface area contributed by atoms with Gasteiger partial charge in [-0.05, 0) is 69.2 Å². The molecule has 5 aliphatic rings. The Labute approximate surface area is 248 Å². The number of piperidine rings is 1. The predicted octanol–water partition coefficient (Wildman–Crippen LogP) is 3.22. The van der Waals surface area contributed by atoms with Crippen LogP contribution in [0.5, 0.6) is 0 Å². The molecule has 4 fully saturated rings. The summed E-state index contributed by atoms with van der Waals surface area (Å²) in [6.45, 7) is 6.83. The smallest absolute Gasteiger partial charge is 0.289 e. The van der Waals surface area contributed by atoms with Crippen molar-refractivity contribution in [3.63, 3.8) is 0 Å². The summed E-state index contributed by atoms with van der Waals surface area (Å²) < 4.78 is 12.4. The van der Waals surface area contributed by atoms with E-state index in [-0.39, 0.29) is 29.6 Å². The summed E-state index contributed by atoms with van der Waals surface area (Å²) in [6.07, 6.45) is 5.65. The third-order valence-corrected chi connectivity index (χ3v) is 10.6. The number of nitrogens with zero attached hydrogens (tertiary/aromatic N) is 3. The average Bonchev–Trinajstić information content (AvgIpc) is 3.65. The molecule has 7 unspecified atom stereocenters. The fourth-order valence-electron chi connectivity index (χ4n) is 8.36. The van der Waals surface area contributed by atoms with E-state index < -0.39 is 29.6 Å². The number of likely N-dealkylation sites (tertiary alicyclic amines) is 1. The second-order valence-electron chi connectivity index (χ2n) is 13.2. The second-order valence-corrected chi connectivity index (χ2v) is 13.5. The molecule has 41 heavy (non-hydrogen) atoms.